The zero-order valence-electron chi connectivity index (χ0n) is 11.7. The van der Waals surface area contributed by atoms with Crippen molar-refractivity contribution in [3.8, 4) is 5.75 Å². The predicted octanol–water partition coefficient (Wildman–Crippen LogP) is 1.62. The normalized spacial score (nSPS) is 12.4. The molecule has 1 amide bonds. The topological polar surface area (TPSA) is 101 Å². The van der Waals surface area contributed by atoms with Crippen LogP contribution in [0.2, 0.25) is 0 Å². The summed E-state index contributed by atoms with van der Waals surface area (Å²) in [6.45, 7) is -1.29. The number of amides is 1. The number of carbonyl (C=O) groups excluding carboxylic acids is 1. The Labute approximate surface area is 124 Å². The highest BCUT2D eigenvalue weighted by atomic mass is 19.3. The van der Waals surface area contributed by atoms with Gasteiger partial charge in [-0.25, -0.2) is 0 Å². The van der Waals surface area contributed by atoms with Crippen LogP contribution in [0.5, 0.6) is 5.75 Å². The van der Waals surface area contributed by atoms with E-state index in [2.05, 4.69) is 14.9 Å². The van der Waals surface area contributed by atoms with Crippen molar-refractivity contribution in [2.24, 2.45) is 5.73 Å². The molecule has 0 spiro atoms. The minimum atomic E-state index is -2.96. The molecule has 0 bridgehead atoms. The quantitative estimate of drug-likeness (QED) is 0.755. The third-order valence-corrected chi connectivity index (χ3v) is 3.25. The fourth-order valence-corrected chi connectivity index (χ4v) is 2.37. The first kappa shape index (κ1) is 15.7. The number of aromatic amines is 2. The fourth-order valence-electron chi connectivity index (χ4n) is 2.37. The molecule has 22 heavy (non-hydrogen) atoms. The van der Waals surface area contributed by atoms with Gasteiger partial charge in [-0.2, -0.15) is 8.78 Å². The summed E-state index contributed by atoms with van der Waals surface area (Å²) in [5.41, 5.74) is 6.24. The Morgan fingerprint density at radius 3 is 2.64 bits per heavy atom. The lowest BCUT2D eigenvalue weighted by Gasteiger charge is -2.16. The van der Waals surface area contributed by atoms with Gasteiger partial charge in [-0.05, 0) is 24.6 Å². The highest BCUT2D eigenvalue weighted by Gasteiger charge is 2.23. The van der Waals surface area contributed by atoms with Gasteiger partial charge >= 0.3 is 6.61 Å². The molecule has 0 radical (unpaired) electrons. The molecule has 1 atom stereocenters. The van der Waals surface area contributed by atoms with Crippen LogP contribution in [0.15, 0.2) is 29.1 Å². The van der Waals surface area contributed by atoms with E-state index in [1.165, 1.54) is 18.2 Å². The van der Waals surface area contributed by atoms with E-state index < -0.39 is 18.4 Å². The maximum atomic E-state index is 12.3. The molecule has 0 fully saturated rings. The Morgan fingerprint density at radius 1 is 1.36 bits per heavy atom. The van der Waals surface area contributed by atoms with Gasteiger partial charge in [0.1, 0.15) is 5.75 Å². The average Bonchev–Trinajstić information content (AvgIpc) is 2.75. The second-order valence-electron chi connectivity index (χ2n) is 4.79. The molecule has 0 aliphatic carbocycles. The van der Waals surface area contributed by atoms with E-state index in [0.717, 1.165) is 0 Å². The summed E-state index contributed by atoms with van der Waals surface area (Å²) in [7, 11) is 0. The third-order valence-electron chi connectivity index (χ3n) is 3.25. The van der Waals surface area contributed by atoms with Gasteiger partial charge in [0, 0.05) is 23.6 Å². The molecule has 1 unspecified atom stereocenters. The monoisotopic (exact) mass is 311 g/mol. The third kappa shape index (κ3) is 3.51. The van der Waals surface area contributed by atoms with Crippen molar-refractivity contribution in [2.75, 3.05) is 0 Å². The molecule has 4 N–H and O–H groups in total. The Bertz CT molecular complexity index is 724. The van der Waals surface area contributed by atoms with E-state index >= 15 is 0 Å². The number of hydrogen-bond acceptors (Lipinski definition) is 3. The van der Waals surface area contributed by atoms with Crippen molar-refractivity contribution in [3.63, 3.8) is 0 Å². The number of benzene rings is 1. The van der Waals surface area contributed by atoms with Crippen molar-refractivity contribution in [1.29, 1.82) is 0 Å². The van der Waals surface area contributed by atoms with E-state index in [0.29, 0.717) is 16.8 Å². The summed E-state index contributed by atoms with van der Waals surface area (Å²) in [5, 5.41) is 5.09. The molecule has 1 aromatic heterocycles. The predicted molar refractivity (Wildman–Crippen MR) is 74.9 cm³/mol. The number of nitrogens with one attached hydrogen (secondary N) is 2. The zero-order chi connectivity index (χ0) is 16.3. The molecule has 2 rings (SSSR count). The largest absolute Gasteiger partial charge is 0.435 e. The number of ether oxygens (including phenoxy) is 1. The Kier molecular flexibility index (Phi) is 4.59. The molecule has 0 aliphatic heterocycles. The average molecular weight is 311 g/mol. The van der Waals surface area contributed by atoms with Crippen molar-refractivity contribution < 1.29 is 18.3 Å². The van der Waals surface area contributed by atoms with E-state index in [-0.39, 0.29) is 17.7 Å². The van der Waals surface area contributed by atoms with Crippen LogP contribution >= 0.6 is 0 Å². The van der Waals surface area contributed by atoms with E-state index in [9.17, 15) is 18.4 Å². The summed E-state index contributed by atoms with van der Waals surface area (Å²) in [4.78, 5) is 23.2. The van der Waals surface area contributed by atoms with Crippen LogP contribution < -0.4 is 16.0 Å². The Morgan fingerprint density at radius 2 is 2.09 bits per heavy atom. The molecular weight excluding hydrogens is 296 g/mol. The second kappa shape index (κ2) is 6.42. The van der Waals surface area contributed by atoms with Gasteiger partial charge in [0.2, 0.25) is 5.91 Å². The minimum absolute atomic E-state index is 0.0495. The van der Waals surface area contributed by atoms with E-state index in [1.54, 1.807) is 13.0 Å². The number of H-pyrrole nitrogens is 2. The van der Waals surface area contributed by atoms with Crippen LogP contribution in [0.25, 0.3) is 0 Å². The van der Waals surface area contributed by atoms with Crippen molar-refractivity contribution >= 4 is 5.91 Å². The van der Waals surface area contributed by atoms with Crippen LogP contribution in [0.1, 0.15) is 29.2 Å². The van der Waals surface area contributed by atoms with Gasteiger partial charge in [-0.15, -0.1) is 0 Å². The number of primary amides is 1. The lowest BCUT2D eigenvalue weighted by molar-refractivity contribution is -0.118. The minimum Gasteiger partial charge on any atom is -0.435 e. The molecule has 118 valence electrons. The molecule has 2 aromatic rings. The number of carbonyl (C=O) groups is 1. The Balaban J connectivity index is 2.46. The number of rotatable bonds is 6. The zero-order valence-corrected chi connectivity index (χ0v) is 11.7. The molecule has 8 heteroatoms. The lowest BCUT2D eigenvalue weighted by Crippen LogP contribution is -2.20. The van der Waals surface area contributed by atoms with Gasteiger partial charge in [-0.1, -0.05) is 12.1 Å². The van der Waals surface area contributed by atoms with Crippen molar-refractivity contribution in [1.82, 2.24) is 10.2 Å². The second-order valence-corrected chi connectivity index (χ2v) is 4.79. The summed E-state index contributed by atoms with van der Waals surface area (Å²) in [6.07, 6.45) is -0.125. The number of nitrogens with two attached hydrogens (primary N) is 1. The molecule has 6 nitrogen and oxygen atoms in total. The summed E-state index contributed by atoms with van der Waals surface area (Å²) >= 11 is 0. The molecule has 0 saturated heterocycles. The molecule has 0 saturated carbocycles. The number of aryl methyl sites for hydroxylation is 1. The molecule has 1 aromatic carbocycles. The fraction of sp³-hybridized carbons (Fsp3) is 0.286. The summed E-state index contributed by atoms with van der Waals surface area (Å²) in [6, 6.07) is 5.87. The number of halogens is 2. The number of alkyl halides is 2. The van der Waals surface area contributed by atoms with Gasteiger partial charge < -0.3 is 15.6 Å². The van der Waals surface area contributed by atoms with Gasteiger partial charge in [0.25, 0.3) is 5.56 Å². The van der Waals surface area contributed by atoms with Crippen molar-refractivity contribution in [2.45, 2.75) is 25.9 Å². The maximum Gasteiger partial charge on any atom is 0.387 e. The SMILES string of the molecule is Cc1[nH][nH]c(=O)c1C(CC(N)=O)c1cccc(OC(F)F)c1. The van der Waals surface area contributed by atoms with Gasteiger partial charge in [0.05, 0.1) is 0 Å². The van der Waals surface area contributed by atoms with E-state index in [1.807, 2.05) is 0 Å². The smallest absolute Gasteiger partial charge is 0.387 e. The maximum absolute atomic E-state index is 12.3. The number of hydrogen-bond donors (Lipinski definition) is 3. The Hall–Kier alpha value is -2.64. The summed E-state index contributed by atoms with van der Waals surface area (Å²) < 4.78 is 29.0. The van der Waals surface area contributed by atoms with Gasteiger partial charge in [0.15, 0.2) is 0 Å². The van der Waals surface area contributed by atoms with Crippen LogP contribution in [-0.4, -0.2) is 22.7 Å². The standard InChI is InChI=1S/C14H15F2N3O3/c1-7-12(13(21)19-18-7)10(6-11(17)20)8-3-2-4-9(5-8)22-14(15)16/h2-5,10,14H,6H2,1H3,(H2,17,20)(H2,18,19,21). The lowest BCUT2D eigenvalue weighted by atomic mass is 9.88. The van der Waals surface area contributed by atoms with E-state index in [4.69, 9.17) is 5.73 Å². The van der Waals surface area contributed by atoms with Crippen LogP contribution in [0.3, 0.4) is 0 Å². The van der Waals surface area contributed by atoms with Gasteiger partial charge in [-0.3, -0.25) is 14.7 Å². The first-order valence-electron chi connectivity index (χ1n) is 6.48. The molecular formula is C14H15F2N3O3. The van der Waals surface area contributed by atoms with Crippen LogP contribution in [0, 0.1) is 6.92 Å². The van der Waals surface area contributed by atoms with Crippen LogP contribution in [-0.2, 0) is 4.79 Å². The van der Waals surface area contributed by atoms with Crippen LogP contribution in [0.4, 0.5) is 8.78 Å². The summed E-state index contributed by atoms with van der Waals surface area (Å²) in [5.74, 6) is -1.30. The highest BCUT2D eigenvalue weighted by Crippen LogP contribution is 2.30. The first-order valence-corrected chi connectivity index (χ1v) is 6.48. The number of aromatic nitrogens is 2. The highest BCUT2D eigenvalue weighted by molar-refractivity contribution is 5.75. The van der Waals surface area contributed by atoms with Crippen molar-refractivity contribution in [3.05, 3.63) is 51.4 Å². The first-order chi connectivity index (χ1) is 10.4. The molecule has 1 heterocycles. The molecule has 0 aliphatic rings.